The van der Waals surface area contributed by atoms with Gasteiger partial charge < -0.3 is 10.2 Å². The summed E-state index contributed by atoms with van der Waals surface area (Å²) in [4.78, 5) is 44.0. The van der Waals surface area contributed by atoms with Gasteiger partial charge in [-0.2, -0.15) is 5.10 Å². The van der Waals surface area contributed by atoms with Crippen molar-refractivity contribution in [3.8, 4) is 0 Å². The summed E-state index contributed by atoms with van der Waals surface area (Å²) in [6.45, 7) is 1.67. The van der Waals surface area contributed by atoms with E-state index in [4.69, 9.17) is 0 Å². The zero-order valence-electron chi connectivity index (χ0n) is 16.9. The van der Waals surface area contributed by atoms with Gasteiger partial charge in [0.05, 0.1) is 23.8 Å². The molecule has 4 rings (SSSR count). The van der Waals surface area contributed by atoms with E-state index in [1.165, 1.54) is 21.8 Å². The molecule has 1 aliphatic heterocycles. The topological polar surface area (TPSA) is 102 Å². The molecule has 0 radical (unpaired) electrons. The molecule has 1 aromatic carbocycles. The van der Waals surface area contributed by atoms with Crippen LogP contribution in [0.3, 0.4) is 0 Å². The van der Waals surface area contributed by atoms with Crippen LogP contribution in [-0.2, 0) is 18.4 Å². The number of aromatic nitrogens is 4. The summed E-state index contributed by atoms with van der Waals surface area (Å²) < 4.78 is 2.93. The molecule has 1 aliphatic rings. The average molecular weight is 408 g/mol. The minimum absolute atomic E-state index is 0.0620. The van der Waals surface area contributed by atoms with Crippen LogP contribution in [0.2, 0.25) is 0 Å². The molecule has 156 valence electrons. The van der Waals surface area contributed by atoms with Crippen LogP contribution in [0.15, 0.2) is 41.6 Å². The smallest absolute Gasteiger partial charge is 0.264 e. The van der Waals surface area contributed by atoms with Crippen LogP contribution in [0.25, 0.3) is 11.0 Å². The van der Waals surface area contributed by atoms with Gasteiger partial charge in [0.25, 0.3) is 11.5 Å². The highest BCUT2D eigenvalue weighted by Crippen LogP contribution is 2.20. The third kappa shape index (κ3) is 3.96. The van der Waals surface area contributed by atoms with Gasteiger partial charge in [-0.05, 0) is 31.4 Å². The molecule has 2 aromatic heterocycles. The van der Waals surface area contributed by atoms with Crippen molar-refractivity contribution in [1.29, 1.82) is 0 Å². The molecule has 1 fully saturated rings. The number of para-hydroxylation sites is 1. The van der Waals surface area contributed by atoms with Crippen LogP contribution in [0, 0.1) is 0 Å². The summed E-state index contributed by atoms with van der Waals surface area (Å²) in [5, 5.41) is 7.28. The van der Waals surface area contributed by atoms with Crippen LogP contribution in [0.1, 0.15) is 36.0 Å². The normalized spacial score (nSPS) is 14.1. The van der Waals surface area contributed by atoms with E-state index in [2.05, 4.69) is 15.4 Å². The highest BCUT2D eigenvalue weighted by atomic mass is 16.2. The molecule has 0 unspecified atom stereocenters. The second kappa shape index (κ2) is 8.48. The molecule has 1 N–H and O–H groups in total. The number of likely N-dealkylation sites (tertiary alicyclic amines) is 1. The fourth-order valence-corrected chi connectivity index (χ4v) is 3.71. The molecule has 0 atom stereocenters. The zero-order chi connectivity index (χ0) is 21.1. The third-order valence-electron chi connectivity index (χ3n) is 5.37. The quantitative estimate of drug-likeness (QED) is 0.693. The van der Waals surface area contributed by atoms with E-state index in [1.807, 2.05) is 4.90 Å². The summed E-state index contributed by atoms with van der Waals surface area (Å²) in [5.41, 5.74) is 1.25. The van der Waals surface area contributed by atoms with Crippen molar-refractivity contribution in [1.82, 2.24) is 24.2 Å². The van der Waals surface area contributed by atoms with Gasteiger partial charge in [0.1, 0.15) is 5.39 Å². The number of amides is 2. The lowest BCUT2D eigenvalue weighted by Gasteiger charge is -2.27. The summed E-state index contributed by atoms with van der Waals surface area (Å²) in [6, 6.07) is 7.04. The SMILES string of the molecule is Cn1ncc2c(=O)n(CCC(=O)Nc3ccccc3C(=O)N3CCCCC3)cnc21. The van der Waals surface area contributed by atoms with Crippen molar-refractivity contribution >= 4 is 28.5 Å². The maximum absolute atomic E-state index is 12.9. The molecular formula is C21H24N6O3. The van der Waals surface area contributed by atoms with Crippen molar-refractivity contribution in [2.75, 3.05) is 18.4 Å². The Hall–Kier alpha value is -3.49. The first-order valence-corrected chi connectivity index (χ1v) is 10.1. The van der Waals surface area contributed by atoms with E-state index in [1.54, 1.807) is 31.3 Å². The highest BCUT2D eigenvalue weighted by molar-refractivity contribution is 6.03. The lowest BCUT2D eigenvalue weighted by Crippen LogP contribution is -2.36. The lowest BCUT2D eigenvalue weighted by atomic mass is 10.1. The predicted molar refractivity (Wildman–Crippen MR) is 112 cm³/mol. The summed E-state index contributed by atoms with van der Waals surface area (Å²) in [6.07, 6.45) is 6.13. The number of carbonyl (C=O) groups excluding carboxylic acids is 2. The molecule has 1 saturated heterocycles. The summed E-state index contributed by atoms with van der Waals surface area (Å²) in [5.74, 6) is -0.333. The number of aryl methyl sites for hydroxylation is 2. The molecule has 0 spiro atoms. The number of nitrogens with one attached hydrogen (secondary N) is 1. The first-order chi connectivity index (χ1) is 14.5. The molecule has 3 aromatic rings. The Morgan fingerprint density at radius 1 is 1.13 bits per heavy atom. The molecular weight excluding hydrogens is 384 g/mol. The standard InChI is InChI=1S/C21H24N6O3/c1-25-19-16(13-23-25)21(30)27(14-22-19)12-9-18(28)24-17-8-4-3-7-15(17)20(29)26-10-5-2-6-11-26/h3-4,7-8,13-14H,2,5-6,9-12H2,1H3,(H,24,28). The van der Waals surface area contributed by atoms with E-state index >= 15 is 0 Å². The van der Waals surface area contributed by atoms with Gasteiger partial charge in [-0.3, -0.25) is 23.6 Å². The average Bonchev–Trinajstić information content (AvgIpc) is 3.15. The van der Waals surface area contributed by atoms with Crippen molar-refractivity contribution in [3.63, 3.8) is 0 Å². The summed E-state index contributed by atoms with van der Waals surface area (Å²) >= 11 is 0. The third-order valence-corrected chi connectivity index (χ3v) is 5.37. The molecule has 9 heteroatoms. The van der Waals surface area contributed by atoms with Crippen molar-refractivity contribution in [2.24, 2.45) is 7.05 Å². The van der Waals surface area contributed by atoms with Crippen LogP contribution < -0.4 is 10.9 Å². The first kappa shape index (κ1) is 19.8. The number of nitrogens with zero attached hydrogens (tertiary/aromatic N) is 5. The highest BCUT2D eigenvalue weighted by Gasteiger charge is 2.21. The number of anilines is 1. The Morgan fingerprint density at radius 3 is 2.70 bits per heavy atom. The van der Waals surface area contributed by atoms with E-state index in [9.17, 15) is 14.4 Å². The van der Waals surface area contributed by atoms with Crippen molar-refractivity contribution in [3.05, 3.63) is 52.7 Å². The Bertz CT molecular complexity index is 1140. The number of carbonyl (C=O) groups is 2. The van der Waals surface area contributed by atoms with Crippen molar-refractivity contribution < 1.29 is 9.59 Å². The van der Waals surface area contributed by atoms with Crippen molar-refractivity contribution in [2.45, 2.75) is 32.2 Å². The fraction of sp³-hybridized carbons (Fsp3) is 0.381. The Labute approximate surface area is 173 Å². The van der Waals surface area contributed by atoms with E-state index in [0.29, 0.717) is 22.3 Å². The fourth-order valence-electron chi connectivity index (χ4n) is 3.71. The first-order valence-electron chi connectivity index (χ1n) is 10.1. The van der Waals surface area contributed by atoms with Crippen LogP contribution >= 0.6 is 0 Å². The van der Waals surface area contributed by atoms with Gasteiger partial charge in [-0.25, -0.2) is 4.98 Å². The van der Waals surface area contributed by atoms with E-state index < -0.39 is 0 Å². The number of hydrogen-bond donors (Lipinski definition) is 1. The largest absolute Gasteiger partial charge is 0.339 e. The molecule has 2 amide bonds. The van der Waals surface area contributed by atoms with Crippen LogP contribution in [0.5, 0.6) is 0 Å². The monoisotopic (exact) mass is 408 g/mol. The molecule has 3 heterocycles. The van der Waals surface area contributed by atoms with Gasteiger partial charge in [0.15, 0.2) is 5.65 Å². The Morgan fingerprint density at radius 2 is 1.90 bits per heavy atom. The van der Waals surface area contributed by atoms with E-state index in [0.717, 1.165) is 32.4 Å². The second-order valence-electron chi connectivity index (χ2n) is 7.45. The van der Waals surface area contributed by atoms with Crippen LogP contribution in [0.4, 0.5) is 5.69 Å². The van der Waals surface area contributed by atoms with Gasteiger partial charge in [-0.1, -0.05) is 12.1 Å². The number of fused-ring (bicyclic) bond motifs is 1. The van der Waals surface area contributed by atoms with E-state index in [-0.39, 0.29) is 30.3 Å². The van der Waals surface area contributed by atoms with Crippen LogP contribution in [-0.4, -0.2) is 49.1 Å². The van der Waals surface area contributed by atoms with Gasteiger partial charge in [-0.15, -0.1) is 0 Å². The second-order valence-corrected chi connectivity index (χ2v) is 7.45. The Kier molecular flexibility index (Phi) is 5.60. The number of rotatable bonds is 5. The van der Waals surface area contributed by atoms with Gasteiger partial charge in [0, 0.05) is 33.1 Å². The number of hydrogen-bond acceptors (Lipinski definition) is 5. The minimum Gasteiger partial charge on any atom is -0.339 e. The van der Waals surface area contributed by atoms with Gasteiger partial charge >= 0.3 is 0 Å². The molecule has 30 heavy (non-hydrogen) atoms. The van der Waals surface area contributed by atoms with Gasteiger partial charge in [0.2, 0.25) is 5.91 Å². The zero-order valence-corrected chi connectivity index (χ0v) is 16.9. The minimum atomic E-state index is -0.271. The molecule has 0 aliphatic carbocycles. The molecule has 9 nitrogen and oxygen atoms in total. The maximum atomic E-state index is 12.9. The maximum Gasteiger partial charge on any atom is 0.264 e. The lowest BCUT2D eigenvalue weighted by molar-refractivity contribution is -0.116. The number of benzene rings is 1. The molecule has 0 bridgehead atoms. The predicted octanol–water partition coefficient (Wildman–Crippen LogP) is 1.78. The summed E-state index contributed by atoms with van der Waals surface area (Å²) in [7, 11) is 1.72. The molecule has 0 saturated carbocycles. The Balaban J connectivity index is 1.44. The number of piperidine rings is 1.